The molecule has 0 aliphatic heterocycles. The molecule has 0 heterocycles. The first-order chi connectivity index (χ1) is 9.75. The Kier molecular flexibility index (Phi) is 6.32. The summed E-state index contributed by atoms with van der Waals surface area (Å²) in [6.45, 7) is 1.44. The molecule has 0 aliphatic rings. The van der Waals surface area contributed by atoms with Gasteiger partial charge in [-0.1, -0.05) is 6.07 Å². The lowest BCUT2D eigenvalue weighted by molar-refractivity contribution is 0.0952. The van der Waals surface area contributed by atoms with Crippen LogP contribution in [0.15, 0.2) is 29.2 Å². The van der Waals surface area contributed by atoms with Gasteiger partial charge >= 0.3 is 0 Å². The zero-order chi connectivity index (χ0) is 16.0. The number of sulfonamides is 1. The van der Waals surface area contributed by atoms with Crippen molar-refractivity contribution in [3.8, 4) is 0 Å². The van der Waals surface area contributed by atoms with Crippen LogP contribution in [0.3, 0.4) is 0 Å². The Hall–Kier alpha value is -1.44. The minimum atomic E-state index is -3.52. The van der Waals surface area contributed by atoms with Gasteiger partial charge in [0.15, 0.2) is 0 Å². The topological polar surface area (TPSA) is 69.7 Å². The summed E-state index contributed by atoms with van der Waals surface area (Å²) in [7, 11) is 3.34. The van der Waals surface area contributed by atoms with Gasteiger partial charge in [0.2, 0.25) is 10.0 Å². The Morgan fingerprint density at radius 1 is 1.19 bits per heavy atom. The highest BCUT2D eigenvalue weighted by atomic mass is 32.2. The van der Waals surface area contributed by atoms with Crippen LogP contribution in [0.4, 0.5) is 0 Å². The Bertz CT molecular complexity index is 583. The maximum Gasteiger partial charge on any atom is 0.251 e. The first-order valence-electron chi connectivity index (χ1n) is 6.70. The molecular weight excluding hydrogens is 290 g/mol. The molecule has 1 rings (SSSR count). The van der Waals surface area contributed by atoms with Crippen LogP contribution in [0.2, 0.25) is 0 Å². The zero-order valence-electron chi connectivity index (χ0n) is 13.0. The maximum absolute atomic E-state index is 12.0. The van der Waals surface area contributed by atoms with Crippen LogP contribution in [0.25, 0.3) is 0 Å². The van der Waals surface area contributed by atoms with Gasteiger partial charge in [0, 0.05) is 26.2 Å². The average molecular weight is 313 g/mol. The second-order valence-electron chi connectivity index (χ2n) is 5.23. The second kappa shape index (κ2) is 7.53. The third-order valence-corrected chi connectivity index (χ3v) is 4.75. The van der Waals surface area contributed by atoms with Crippen molar-refractivity contribution in [3.05, 3.63) is 29.8 Å². The highest BCUT2D eigenvalue weighted by molar-refractivity contribution is 7.89. The van der Waals surface area contributed by atoms with E-state index in [1.165, 1.54) is 26.2 Å². The quantitative estimate of drug-likeness (QED) is 0.749. The Morgan fingerprint density at radius 2 is 1.86 bits per heavy atom. The summed E-state index contributed by atoms with van der Waals surface area (Å²) in [5, 5.41) is 2.79. The first kappa shape index (κ1) is 17.6. The summed E-state index contributed by atoms with van der Waals surface area (Å²) in [6, 6.07) is 6.07. The lowest BCUT2D eigenvalue weighted by Crippen LogP contribution is -2.27. The third kappa shape index (κ3) is 5.11. The Balaban J connectivity index is 2.74. The number of carbonyl (C=O) groups is 1. The molecule has 1 aromatic rings. The standard InChI is InChI=1S/C14H23N3O3S/c1-16(2)10-6-9-15-14(18)12-7-5-8-13(11-12)21(19,20)17(3)4/h5,7-8,11H,6,9-10H2,1-4H3,(H,15,18). The molecule has 0 spiro atoms. The molecule has 0 fully saturated rings. The van der Waals surface area contributed by atoms with Crippen molar-refractivity contribution in [1.82, 2.24) is 14.5 Å². The van der Waals surface area contributed by atoms with Crippen LogP contribution >= 0.6 is 0 Å². The number of benzene rings is 1. The van der Waals surface area contributed by atoms with Crippen LogP contribution in [-0.2, 0) is 10.0 Å². The summed E-state index contributed by atoms with van der Waals surface area (Å²) < 4.78 is 25.2. The molecular formula is C14H23N3O3S. The van der Waals surface area contributed by atoms with Gasteiger partial charge < -0.3 is 10.2 Å². The fourth-order valence-corrected chi connectivity index (χ4v) is 2.66. The molecule has 0 unspecified atom stereocenters. The Morgan fingerprint density at radius 3 is 2.43 bits per heavy atom. The molecule has 0 aliphatic carbocycles. The van der Waals surface area contributed by atoms with Gasteiger partial charge in [-0.3, -0.25) is 4.79 Å². The molecule has 0 saturated carbocycles. The van der Waals surface area contributed by atoms with Crippen molar-refractivity contribution in [2.24, 2.45) is 0 Å². The summed E-state index contributed by atoms with van der Waals surface area (Å²) in [5.74, 6) is -0.260. The molecule has 7 heteroatoms. The number of hydrogen-bond acceptors (Lipinski definition) is 4. The number of hydrogen-bond donors (Lipinski definition) is 1. The number of nitrogens with one attached hydrogen (secondary N) is 1. The van der Waals surface area contributed by atoms with Crippen molar-refractivity contribution in [2.75, 3.05) is 41.3 Å². The average Bonchev–Trinajstić information content (AvgIpc) is 2.43. The highest BCUT2D eigenvalue weighted by Crippen LogP contribution is 2.14. The van der Waals surface area contributed by atoms with Gasteiger partial charge in [0.1, 0.15) is 0 Å². The predicted molar refractivity (Wildman–Crippen MR) is 82.8 cm³/mol. The van der Waals surface area contributed by atoms with Crippen molar-refractivity contribution in [3.63, 3.8) is 0 Å². The van der Waals surface area contributed by atoms with Gasteiger partial charge in [-0.05, 0) is 45.3 Å². The highest BCUT2D eigenvalue weighted by Gasteiger charge is 2.18. The lowest BCUT2D eigenvalue weighted by atomic mass is 10.2. The molecule has 1 N–H and O–H groups in total. The van der Waals surface area contributed by atoms with E-state index in [0.717, 1.165) is 17.3 Å². The number of nitrogens with zero attached hydrogens (tertiary/aromatic N) is 2. The van der Waals surface area contributed by atoms with Gasteiger partial charge in [-0.25, -0.2) is 12.7 Å². The van der Waals surface area contributed by atoms with E-state index >= 15 is 0 Å². The maximum atomic E-state index is 12.0. The van der Waals surface area contributed by atoms with Crippen molar-refractivity contribution >= 4 is 15.9 Å². The van der Waals surface area contributed by atoms with Gasteiger partial charge in [0.05, 0.1) is 4.90 Å². The Labute approximate surface area is 126 Å². The molecule has 0 atom stereocenters. The van der Waals surface area contributed by atoms with Crippen LogP contribution in [0.1, 0.15) is 16.8 Å². The molecule has 0 radical (unpaired) electrons. The van der Waals surface area contributed by atoms with Crippen LogP contribution in [0.5, 0.6) is 0 Å². The number of amides is 1. The molecule has 0 saturated heterocycles. The fraction of sp³-hybridized carbons (Fsp3) is 0.500. The van der Waals surface area contributed by atoms with Gasteiger partial charge in [-0.2, -0.15) is 0 Å². The second-order valence-corrected chi connectivity index (χ2v) is 7.38. The van der Waals surface area contributed by atoms with Crippen LogP contribution < -0.4 is 5.32 Å². The van der Waals surface area contributed by atoms with Gasteiger partial charge in [-0.15, -0.1) is 0 Å². The molecule has 1 amide bonds. The van der Waals surface area contributed by atoms with E-state index in [4.69, 9.17) is 0 Å². The fourth-order valence-electron chi connectivity index (χ4n) is 1.71. The van der Waals surface area contributed by atoms with Gasteiger partial charge in [0.25, 0.3) is 5.91 Å². The molecule has 6 nitrogen and oxygen atoms in total. The summed E-state index contributed by atoms with van der Waals surface area (Å²) in [4.78, 5) is 14.2. The van der Waals surface area contributed by atoms with E-state index in [-0.39, 0.29) is 10.8 Å². The normalized spacial score (nSPS) is 11.9. The molecule has 21 heavy (non-hydrogen) atoms. The third-order valence-electron chi connectivity index (χ3n) is 2.94. The monoisotopic (exact) mass is 313 g/mol. The SMILES string of the molecule is CN(C)CCCNC(=O)c1cccc(S(=O)(=O)N(C)C)c1. The largest absolute Gasteiger partial charge is 0.352 e. The smallest absolute Gasteiger partial charge is 0.251 e. The number of rotatable bonds is 7. The number of carbonyl (C=O) groups excluding carboxylic acids is 1. The van der Waals surface area contributed by atoms with Crippen molar-refractivity contribution in [1.29, 1.82) is 0 Å². The summed E-state index contributed by atoms with van der Waals surface area (Å²) >= 11 is 0. The van der Waals surface area contributed by atoms with E-state index in [0.29, 0.717) is 12.1 Å². The molecule has 0 aromatic heterocycles. The molecule has 118 valence electrons. The molecule has 1 aromatic carbocycles. The van der Waals surface area contributed by atoms with E-state index < -0.39 is 10.0 Å². The lowest BCUT2D eigenvalue weighted by Gasteiger charge is -2.13. The zero-order valence-corrected chi connectivity index (χ0v) is 13.8. The van der Waals surface area contributed by atoms with E-state index in [2.05, 4.69) is 5.32 Å². The van der Waals surface area contributed by atoms with E-state index in [1.807, 2.05) is 19.0 Å². The minimum absolute atomic E-state index is 0.119. The van der Waals surface area contributed by atoms with E-state index in [9.17, 15) is 13.2 Å². The van der Waals surface area contributed by atoms with E-state index in [1.54, 1.807) is 12.1 Å². The predicted octanol–water partition coefficient (Wildman–Crippen LogP) is 0.618. The van der Waals surface area contributed by atoms with Crippen LogP contribution in [-0.4, -0.2) is 64.8 Å². The van der Waals surface area contributed by atoms with Crippen molar-refractivity contribution in [2.45, 2.75) is 11.3 Å². The summed E-state index contributed by atoms with van der Waals surface area (Å²) in [5.41, 5.74) is 0.350. The summed E-state index contributed by atoms with van der Waals surface area (Å²) in [6.07, 6.45) is 0.842. The molecule has 0 bridgehead atoms. The van der Waals surface area contributed by atoms with Crippen LogP contribution in [0, 0.1) is 0 Å². The minimum Gasteiger partial charge on any atom is -0.352 e. The van der Waals surface area contributed by atoms with Crippen molar-refractivity contribution < 1.29 is 13.2 Å². The first-order valence-corrected chi connectivity index (χ1v) is 8.14.